The van der Waals surface area contributed by atoms with Gasteiger partial charge in [-0.1, -0.05) is 23.2 Å². The lowest BCUT2D eigenvalue weighted by atomic mass is 10.3. The molecule has 0 heterocycles. The van der Waals surface area contributed by atoms with Gasteiger partial charge in [-0.15, -0.1) is 0 Å². The Morgan fingerprint density at radius 1 is 1.32 bits per heavy atom. The molecule has 6 heteroatoms. The van der Waals surface area contributed by atoms with Gasteiger partial charge in [-0.2, -0.15) is 0 Å². The number of rotatable bonds is 8. The number of halogens is 2. The fourth-order valence-corrected chi connectivity index (χ4v) is 1.89. The van der Waals surface area contributed by atoms with Crippen molar-refractivity contribution in [3.8, 4) is 5.75 Å². The lowest BCUT2D eigenvalue weighted by molar-refractivity contribution is -0.121. The lowest BCUT2D eigenvalue weighted by Crippen LogP contribution is -2.30. The smallest absolute Gasteiger partial charge is 0.220 e. The van der Waals surface area contributed by atoms with Crippen LogP contribution in [0.5, 0.6) is 5.75 Å². The molecule has 4 nitrogen and oxygen atoms in total. The topological polar surface area (TPSA) is 50.4 Å². The summed E-state index contributed by atoms with van der Waals surface area (Å²) in [6.45, 7) is 1.85. The molecule has 0 aliphatic carbocycles. The number of amides is 1. The number of likely N-dealkylation sites (N-methyl/N-ethyl adjacent to an activating group) is 1. The molecular weight excluding hydrogens is 287 g/mol. The fourth-order valence-electron chi connectivity index (χ4n) is 1.42. The van der Waals surface area contributed by atoms with Crippen LogP contribution in [0.15, 0.2) is 18.2 Å². The SMILES string of the molecule is CNCCNC(=O)CCCOc1ccc(Cl)cc1Cl. The summed E-state index contributed by atoms with van der Waals surface area (Å²) in [5.41, 5.74) is 0. The van der Waals surface area contributed by atoms with Gasteiger partial charge in [0.1, 0.15) is 5.75 Å². The van der Waals surface area contributed by atoms with Gasteiger partial charge >= 0.3 is 0 Å². The van der Waals surface area contributed by atoms with Crippen molar-refractivity contribution in [1.82, 2.24) is 10.6 Å². The summed E-state index contributed by atoms with van der Waals surface area (Å²) in [6.07, 6.45) is 1.08. The largest absolute Gasteiger partial charge is 0.492 e. The summed E-state index contributed by atoms with van der Waals surface area (Å²) < 4.78 is 5.48. The molecule has 0 aliphatic heterocycles. The Labute approximate surface area is 123 Å². The van der Waals surface area contributed by atoms with E-state index in [0.717, 1.165) is 6.54 Å². The zero-order valence-corrected chi connectivity index (χ0v) is 12.4. The average molecular weight is 305 g/mol. The van der Waals surface area contributed by atoms with Gasteiger partial charge in [-0.25, -0.2) is 0 Å². The number of hydrogen-bond donors (Lipinski definition) is 2. The molecule has 0 bridgehead atoms. The molecule has 0 fully saturated rings. The number of ether oxygens (including phenoxy) is 1. The van der Waals surface area contributed by atoms with Gasteiger partial charge in [0, 0.05) is 24.5 Å². The predicted molar refractivity (Wildman–Crippen MR) is 78.1 cm³/mol. The second kappa shape index (κ2) is 9.02. The van der Waals surface area contributed by atoms with E-state index in [1.54, 1.807) is 18.2 Å². The molecule has 0 saturated heterocycles. The molecule has 2 N–H and O–H groups in total. The van der Waals surface area contributed by atoms with E-state index in [4.69, 9.17) is 27.9 Å². The Bertz CT molecular complexity index is 414. The van der Waals surface area contributed by atoms with E-state index in [1.165, 1.54) is 0 Å². The third-order valence-corrected chi connectivity index (χ3v) is 2.93. The highest BCUT2D eigenvalue weighted by Gasteiger charge is 2.04. The normalized spacial score (nSPS) is 10.3. The van der Waals surface area contributed by atoms with Crippen molar-refractivity contribution in [1.29, 1.82) is 0 Å². The monoisotopic (exact) mass is 304 g/mol. The maximum absolute atomic E-state index is 11.4. The zero-order valence-electron chi connectivity index (χ0n) is 10.8. The molecule has 1 aromatic rings. The van der Waals surface area contributed by atoms with E-state index in [2.05, 4.69) is 10.6 Å². The number of carbonyl (C=O) groups is 1. The van der Waals surface area contributed by atoms with Gasteiger partial charge in [0.2, 0.25) is 5.91 Å². The van der Waals surface area contributed by atoms with Crippen molar-refractivity contribution in [2.45, 2.75) is 12.8 Å². The first-order chi connectivity index (χ1) is 9.13. The van der Waals surface area contributed by atoms with Crippen LogP contribution < -0.4 is 15.4 Å². The summed E-state index contributed by atoms with van der Waals surface area (Å²) in [5, 5.41) is 6.81. The van der Waals surface area contributed by atoms with Crippen molar-refractivity contribution >= 4 is 29.1 Å². The third kappa shape index (κ3) is 6.66. The molecule has 1 rings (SSSR count). The van der Waals surface area contributed by atoms with E-state index in [9.17, 15) is 4.79 Å². The molecule has 0 aromatic heterocycles. The molecule has 0 unspecified atom stereocenters. The minimum atomic E-state index is 0.0288. The minimum absolute atomic E-state index is 0.0288. The highest BCUT2D eigenvalue weighted by molar-refractivity contribution is 6.35. The molecule has 19 heavy (non-hydrogen) atoms. The van der Waals surface area contributed by atoms with E-state index >= 15 is 0 Å². The second-order valence-corrected chi connectivity index (χ2v) is 4.82. The molecule has 1 aromatic carbocycles. The Morgan fingerprint density at radius 3 is 2.79 bits per heavy atom. The van der Waals surface area contributed by atoms with Crippen molar-refractivity contribution in [3.63, 3.8) is 0 Å². The Morgan fingerprint density at radius 2 is 2.11 bits per heavy atom. The molecule has 0 atom stereocenters. The first-order valence-corrected chi connectivity index (χ1v) is 6.88. The Kier molecular flexibility index (Phi) is 7.63. The number of nitrogens with one attached hydrogen (secondary N) is 2. The van der Waals surface area contributed by atoms with Crippen LogP contribution >= 0.6 is 23.2 Å². The van der Waals surface area contributed by atoms with Crippen molar-refractivity contribution in [2.24, 2.45) is 0 Å². The summed E-state index contributed by atoms with van der Waals surface area (Å²) >= 11 is 11.7. The Balaban J connectivity index is 2.18. The van der Waals surface area contributed by atoms with Crippen molar-refractivity contribution < 1.29 is 9.53 Å². The number of hydrogen-bond acceptors (Lipinski definition) is 3. The summed E-state index contributed by atoms with van der Waals surface area (Å²) in [7, 11) is 1.84. The first-order valence-electron chi connectivity index (χ1n) is 6.12. The van der Waals surface area contributed by atoms with Crippen LogP contribution in [-0.4, -0.2) is 32.7 Å². The summed E-state index contributed by atoms with van der Waals surface area (Å²) in [5.74, 6) is 0.614. The maximum atomic E-state index is 11.4. The van der Waals surface area contributed by atoms with Gasteiger partial charge in [0.05, 0.1) is 11.6 Å². The summed E-state index contributed by atoms with van der Waals surface area (Å²) in [6, 6.07) is 5.06. The van der Waals surface area contributed by atoms with Crippen molar-refractivity contribution in [2.75, 3.05) is 26.7 Å². The first kappa shape index (κ1) is 16.1. The van der Waals surface area contributed by atoms with E-state index in [-0.39, 0.29) is 5.91 Å². The second-order valence-electron chi connectivity index (χ2n) is 3.98. The maximum Gasteiger partial charge on any atom is 0.220 e. The van der Waals surface area contributed by atoms with Crippen LogP contribution in [0.3, 0.4) is 0 Å². The van der Waals surface area contributed by atoms with Gasteiger partial charge < -0.3 is 15.4 Å². The van der Waals surface area contributed by atoms with Gasteiger partial charge in [-0.3, -0.25) is 4.79 Å². The van der Waals surface area contributed by atoms with Crippen LogP contribution in [0.4, 0.5) is 0 Å². The number of carbonyl (C=O) groups excluding carboxylic acids is 1. The van der Waals surface area contributed by atoms with E-state index in [0.29, 0.717) is 41.8 Å². The fraction of sp³-hybridized carbons (Fsp3) is 0.462. The predicted octanol–water partition coefficient (Wildman–Crippen LogP) is 2.49. The minimum Gasteiger partial charge on any atom is -0.492 e. The zero-order chi connectivity index (χ0) is 14.1. The molecule has 0 saturated carbocycles. The average Bonchev–Trinajstić information content (AvgIpc) is 2.37. The molecule has 1 amide bonds. The highest BCUT2D eigenvalue weighted by Crippen LogP contribution is 2.27. The number of benzene rings is 1. The van der Waals surface area contributed by atoms with E-state index < -0.39 is 0 Å². The van der Waals surface area contributed by atoms with Gasteiger partial charge in [-0.05, 0) is 31.7 Å². The quantitative estimate of drug-likeness (QED) is 0.726. The molecule has 0 radical (unpaired) electrons. The molecule has 106 valence electrons. The van der Waals surface area contributed by atoms with Gasteiger partial charge in [0.25, 0.3) is 0 Å². The van der Waals surface area contributed by atoms with Crippen LogP contribution in [0.1, 0.15) is 12.8 Å². The molecular formula is C13H18Cl2N2O2. The standard InChI is InChI=1S/C13H18Cl2N2O2/c1-16-6-7-17-13(18)3-2-8-19-12-5-4-10(14)9-11(12)15/h4-5,9,16H,2-3,6-8H2,1H3,(H,17,18). The van der Waals surface area contributed by atoms with Gasteiger partial charge in [0.15, 0.2) is 0 Å². The lowest BCUT2D eigenvalue weighted by Gasteiger charge is -2.08. The highest BCUT2D eigenvalue weighted by atomic mass is 35.5. The Hall–Kier alpha value is -0.970. The van der Waals surface area contributed by atoms with Crippen LogP contribution in [0.25, 0.3) is 0 Å². The van der Waals surface area contributed by atoms with Crippen LogP contribution in [0.2, 0.25) is 10.0 Å². The van der Waals surface area contributed by atoms with Crippen LogP contribution in [0, 0.1) is 0 Å². The molecule has 0 spiro atoms. The summed E-state index contributed by atoms with van der Waals surface area (Å²) in [4.78, 5) is 11.4. The van der Waals surface area contributed by atoms with Crippen molar-refractivity contribution in [3.05, 3.63) is 28.2 Å². The third-order valence-electron chi connectivity index (χ3n) is 2.40. The molecule has 0 aliphatic rings. The van der Waals surface area contributed by atoms with Crippen LogP contribution in [-0.2, 0) is 4.79 Å². The van der Waals surface area contributed by atoms with E-state index in [1.807, 2.05) is 7.05 Å².